The number of ketones is 1. The van der Waals surface area contributed by atoms with Crippen molar-refractivity contribution in [3.63, 3.8) is 0 Å². The van der Waals surface area contributed by atoms with Crippen molar-refractivity contribution in [1.82, 2.24) is 4.98 Å². The molecular weight excluding hydrogens is 396 g/mol. The van der Waals surface area contributed by atoms with Gasteiger partial charge in [0.2, 0.25) is 9.84 Å². The highest BCUT2D eigenvalue weighted by atomic mass is 32.2. The molecule has 3 rings (SSSR count). The number of aromatic hydroxyl groups is 1. The minimum atomic E-state index is -3.86. The molecular formula is C20H14N2O6S. The molecule has 0 fully saturated rings. The van der Waals surface area contributed by atoms with E-state index in [0.717, 1.165) is 0 Å². The van der Waals surface area contributed by atoms with Gasteiger partial charge in [-0.15, -0.1) is 0 Å². The van der Waals surface area contributed by atoms with E-state index in [1.165, 1.54) is 30.3 Å². The summed E-state index contributed by atoms with van der Waals surface area (Å²) in [6, 6.07) is 13.3. The van der Waals surface area contributed by atoms with Gasteiger partial charge in [0, 0.05) is 11.8 Å². The van der Waals surface area contributed by atoms with Gasteiger partial charge in [0.05, 0.1) is 21.7 Å². The number of hydrogen-bond acceptors (Lipinski definition) is 7. The fourth-order valence-corrected chi connectivity index (χ4v) is 4.09. The van der Waals surface area contributed by atoms with Gasteiger partial charge in [-0.3, -0.25) is 9.59 Å². The summed E-state index contributed by atoms with van der Waals surface area (Å²) in [4.78, 5) is 27.0. The molecule has 0 bridgehead atoms. The first kappa shape index (κ1) is 20.0. The molecule has 0 aliphatic rings. The second kappa shape index (κ2) is 7.69. The lowest BCUT2D eigenvalue weighted by Gasteiger charge is -2.10. The highest BCUT2D eigenvalue weighted by Gasteiger charge is 2.23. The summed E-state index contributed by atoms with van der Waals surface area (Å²) in [6.45, 7) is 0. The summed E-state index contributed by atoms with van der Waals surface area (Å²) >= 11 is 0. The molecule has 0 saturated carbocycles. The number of pyridine rings is 1. The summed E-state index contributed by atoms with van der Waals surface area (Å²) in [5, 5.41) is 28.5. The third-order valence-electron chi connectivity index (χ3n) is 4.24. The number of aliphatic carboxylic acids is 1. The Morgan fingerprint density at radius 2 is 1.72 bits per heavy atom. The SMILES string of the molecule is N#Cc1c(O)c(C(=O)CCC(=O)O)nc2cc(S(=O)(=O)c3ccccc3)ccc12. The van der Waals surface area contributed by atoms with E-state index in [4.69, 9.17) is 5.11 Å². The lowest BCUT2D eigenvalue weighted by molar-refractivity contribution is -0.136. The molecule has 0 amide bonds. The molecule has 3 aromatic rings. The first-order valence-corrected chi connectivity index (χ1v) is 9.86. The largest absolute Gasteiger partial charge is 0.504 e. The average molecular weight is 410 g/mol. The highest BCUT2D eigenvalue weighted by molar-refractivity contribution is 7.91. The molecule has 146 valence electrons. The number of carbonyl (C=O) groups is 2. The fourth-order valence-electron chi connectivity index (χ4n) is 2.78. The molecule has 29 heavy (non-hydrogen) atoms. The molecule has 0 spiro atoms. The third kappa shape index (κ3) is 3.79. The standard InChI is InChI=1S/C20H14N2O6S/c21-11-15-14-7-6-13(29(27,28)12-4-2-1-3-5-12)10-16(14)22-19(20(15)26)17(23)8-9-18(24)25/h1-7,10,26H,8-9H2,(H,24,25). The number of carboxylic acid groups (broad SMARTS) is 1. The zero-order valence-corrected chi connectivity index (χ0v) is 15.7. The van der Waals surface area contributed by atoms with Crippen LogP contribution in [0.2, 0.25) is 0 Å². The maximum Gasteiger partial charge on any atom is 0.303 e. The smallest absolute Gasteiger partial charge is 0.303 e. The Bertz CT molecular complexity index is 1280. The monoisotopic (exact) mass is 410 g/mol. The van der Waals surface area contributed by atoms with Gasteiger partial charge in [0.1, 0.15) is 17.3 Å². The number of fused-ring (bicyclic) bond motifs is 1. The zero-order valence-electron chi connectivity index (χ0n) is 14.9. The van der Waals surface area contributed by atoms with Crippen LogP contribution in [0, 0.1) is 11.3 Å². The first-order valence-electron chi connectivity index (χ1n) is 8.37. The maximum atomic E-state index is 12.8. The van der Waals surface area contributed by atoms with Gasteiger partial charge in [-0.2, -0.15) is 5.26 Å². The average Bonchev–Trinajstić information content (AvgIpc) is 2.71. The van der Waals surface area contributed by atoms with Gasteiger partial charge >= 0.3 is 5.97 Å². The Balaban J connectivity index is 2.18. The molecule has 0 saturated heterocycles. The van der Waals surface area contributed by atoms with E-state index in [-0.39, 0.29) is 26.3 Å². The second-order valence-electron chi connectivity index (χ2n) is 6.11. The van der Waals surface area contributed by atoms with Gasteiger partial charge in [-0.25, -0.2) is 13.4 Å². The van der Waals surface area contributed by atoms with Crippen LogP contribution in [0.15, 0.2) is 58.3 Å². The van der Waals surface area contributed by atoms with Crippen LogP contribution < -0.4 is 0 Å². The Hall–Kier alpha value is -3.77. The molecule has 1 heterocycles. The van der Waals surface area contributed by atoms with E-state index < -0.39 is 45.9 Å². The van der Waals surface area contributed by atoms with Crippen LogP contribution in [0.3, 0.4) is 0 Å². The second-order valence-corrected chi connectivity index (χ2v) is 8.06. The van der Waals surface area contributed by atoms with E-state index in [0.29, 0.717) is 0 Å². The summed E-state index contributed by atoms with van der Waals surface area (Å²) in [5.41, 5.74) is -0.683. The van der Waals surface area contributed by atoms with Gasteiger partial charge in [0.25, 0.3) is 0 Å². The number of rotatable bonds is 6. The lowest BCUT2D eigenvalue weighted by Crippen LogP contribution is -2.08. The van der Waals surface area contributed by atoms with E-state index in [1.807, 2.05) is 0 Å². The highest BCUT2D eigenvalue weighted by Crippen LogP contribution is 2.32. The molecule has 0 aliphatic carbocycles. The Kier molecular flexibility index (Phi) is 5.30. The number of carbonyl (C=O) groups excluding carboxylic acids is 1. The predicted molar refractivity (Wildman–Crippen MR) is 101 cm³/mol. The van der Waals surface area contributed by atoms with Crippen molar-refractivity contribution in [3.05, 3.63) is 59.8 Å². The van der Waals surface area contributed by atoms with Gasteiger partial charge < -0.3 is 10.2 Å². The number of nitriles is 1. The summed E-state index contributed by atoms with van der Waals surface area (Å²) in [6.07, 6.45) is -0.892. The zero-order chi connectivity index (χ0) is 21.2. The quantitative estimate of drug-likeness (QED) is 0.590. The van der Waals surface area contributed by atoms with Crippen molar-refractivity contribution in [2.75, 3.05) is 0 Å². The number of sulfone groups is 1. The van der Waals surface area contributed by atoms with Crippen molar-refractivity contribution in [3.8, 4) is 11.8 Å². The summed E-state index contributed by atoms with van der Waals surface area (Å²) in [5.74, 6) is -2.62. The number of hydrogen-bond donors (Lipinski definition) is 2. The lowest BCUT2D eigenvalue weighted by atomic mass is 10.0. The van der Waals surface area contributed by atoms with Crippen molar-refractivity contribution >= 4 is 32.5 Å². The van der Waals surface area contributed by atoms with Crippen LogP contribution in [-0.2, 0) is 14.6 Å². The molecule has 0 aliphatic heterocycles. The molecule has 1 aromatic heterocycles. The van der Waals surface area contributed by atoms with E-state index in [1.54, 1.807) is 24.3 Å². The van der Waals surface area contributed by atoms with Gasteiger partial charge in [0.15, 0.2) is 11.5 Å². The normalized spacial score (nSPS) is 11.1. The van der Waals surface area contributed by atoms with Crippen LogP contribution in [0.1, 0.15) is 28.9 Å². The van der Waals surface area contributed by atoms with Crippen LogP contribution in [-0.4, -0.2) is 35.4 Å². The predicted octanol–water partition coefficient (Wildman–Crippen LogP) is 2.69. The van der Waals surface area contributed by atoms with Crippen molar-refractivity contribution in [2.24, 2.45) is 0 Å². The van der Waals surface area contributed by atoms with Crippen LogP contribution in [0.5, 0.6) is 5.75 Å². The Labute approximate surface area is 165 Å². The number of nitrogens with zero attached hydrogens (tertiary/aromatic N) is 2. The van der Waals surface area contributed by atoms with Crippen LogP contribution >= 0.6 is 0 Å². The topological polar surface area (TPSA) is 145 Å². The maximum absolute atomic E-state index is 12.8. The fraction of sp³-hybridized carbons (Fsp3) is 0.100. The van der Waals surface area contributed by atoms with Gasteiger partial charge in [-0.05, 0) is 24.3 Å². The first-order chi connectivity index (χ1) is 13.8. The summed E-state index contributed by atoms with van der Waals surface area (Å²) < 4.78 is 25.6. The van der Waals surface area contributed by atoms with Crippen LogP contribution in [0.4, 0.5) is 0 Å². The number of aromatic nitrogens is 1. The molecule has 0 radical (unpaired) electrons. The van der Waals surface area contributed by atoms with Crippen molar-refractivity contribution < 1.29 is 28.2 Å². The van der Waals surface area contributed by atoms with E-state index >= 15 is 0 Å². The van der Waals surface area contributed by atoms with E-state index in [2.05, 4.69) is 4.98 Å². The van der Waals surface area contributed by atoms with Gasteiger partial charge in [-0.1, -0.05) is 24.3 Å². The van der Waals surface area contributed by atoms with E-state index in [9.17, 15) is 28.4 Å². The molecule has 2 aromatic carbocycles. The number of Topliss-reactive ketones (excluding diaryl/α,β-unsaturated/α-hetero) is 1. The Morgan fingerprint density at radius 3 is 2.34 bits per heavy atom. The van der Waals surface area contributed by atoms with Crippen molar-refractivity contribution in [1.29, 1.82) is 5.26 Å². The third-order valence-corrected chi connectivity index (χ3v) is 6.00. The number of carboxylic acids is 1. The summed E-state index contributed by atoms with van der Waals surface area (Å²) in [7, 11) is -3.86. The molecule has 2 N–H and O–H groups in total. The number of benzene rings is 2. The van der Waals surface area contributed by atoms with Crippen LogP contribution in [0.25, 0.3) is 10.9 Å². The minimum Gasteiger partial charge on any atom is -0.504 e. The molecule has 9 heteroatoms. The molecule has 8 nitrogen and oxygen atoms in total. The van der Waals surface area contributed by atoms with Crippen molar-refractivity contribution in [2.45, 2.75) is 22.6 Å². The Morgan fingerprint density at radius 1 is 1.03 bits per heavy atom. The minimum absolute atomic E-state index is 0.0232. The molecule has 0 atom stereocenters. The molecule has 0 unspecified atom stereocenters.